The SMILES string of the molecule is CC(=O)Oc1ccc(Cc2ccc(C(=O)O)nc2)cc1. The highest BCUT2D eigenvalue weighted by Crippen LogP contribution is 2.15. The van der Waals surface area contributed by atoms with Gasteiger partial charge >= 0.3 is 11.9 Å². The molecule has 0 saturated carbocycles. The van der Waals surface area contributed by atoms with Crippen molar-refractivity contribution in [3.63, 3.8) is 0 Å². The van der Waals surface area contributed by atoms with Crippen LogP contribution in [-0.4, -0.2) is 22.0 Å². The van der Waals surface area contributed by atoms with Crippen molar-refractivity contribution in [2.45, 2.75) is 13.3 Å². The van der Waals surface area contributed by atoms with E-state index in [1.807, 2.05) is 12.1 Å². The van der Waals surface area contributed by atoms with Crippen molar-refractivity contribution < 1.29 is 19.4 Å². The van der Waals surface area contributed by atoms with Crippen molar-refractivity contribution in [2.75, 3.05) is 0 Å². The maximum atomic E-state index is 10.8. The second-order valence-electron chi connectivity index (χ2n) is 4.27. The van der Waals surface area contributed by atoms with E-state index in [2.05, 4.69) is 4.98 Å². The van der Waals surface area contributed by atoms with Crippen LogP contribution in [0, 0.1) is 0 Å². The Bertz CT molecular complexity index is 617. The average molecular weight is 271 g/mol. The summed E-state index contributed by atoms with van der Waals surface area (Å²) >= 11 is 0. The Hall–Kier alpha value is -2.69. The lowest BCUT2D eigenvalue weighted by molar-refractivity contribution is -0.131. The summed E-state index contributed by atoms with van der Waals surface area (Å²) in [4.78, 5) is 25.4. The first kappa shape index (κ1) is 13.7. The van der Waals surface area contributed by atoms with Crippen molar-refractivity contribution >= 4 is 11.9 Å². The molecule has 0 saturated heterocycles. The lowest BCUT2D eigenvalue weighted by Gasteiger charge is -2.04. The van der Waals surface area contributed by atoms with Crippen LogP contribution in [0.5, 0.6) is 5.75 Å². The van der Waals surface area contributed by atoms with E-state index in [0.29, 0.717) is 12.2 Å². The molecular formula is C15H13NO4. The molecule has 0 aliphatic rings. The van der Waals surface area contributed by atoms with E-state index in [-0.39, 0.29) is 11.7 Å². The maximum Gasteiger partial charge on any atom is 0.354 e. The fraction of sp³-hybridized carbons (Fsp3) is 0.133. The second kappa shape index (κ2) is 5.97. The second-order valence-corrected chi connectivity index (χ2v) is 4.27. The van der Waals surface area contributed by atoms with Crippen molar-refractivity contribution in [2.24, 2.45) is 0 Å². The molecule has 5 nitrogen and oxygen atoms in total. The molecular weight excluding hydrogens is 258 g/mol. The van der Waals surface area contributed by atoms with Crippen LogP contribution in [0.1, 0.15) is 28.5 Å². The number of carbonyl (C=O) groups is 2. The Kier molecular flexibility index (Phi) is 4.10. The van der Waals surface area contributed by atoms with Crippen LogP contribution < -0.4 is 4.74 Å². The minimum Gasteiger partial charge on any atom is -0.477 e. The van der Waals surface area contributed by atoms with Crippen LogP contribution in [0.3, 0.4) is 0 Å². The molecule has 20 heavy (non-hydrogen) atoms. The summed E-state index contributed by atoms with van der Waals surface area (Å²) in [6, 6.07) is 10.3. The number of aromatic nitrogens is 1. The highest BCUT2D eigenvalue weighted by atomic mass is 16.5. The maximum absolute atomic E-state index is 10.8. The highest BCUT2D eigenvalue weighted by molar-refractivity contribution is 5.85. The number of pyridine rings is 1. The molecule has 2 rings (SSSR count). The molecule has 0 fully saturated rings. The Labute approximate surface area is 115 Å². The first-order valence-corrected chi connectivity index (χ1v) is 6.00. The van der Waals surface area contributed by atoms with Crippen LogP contribution >= 0.6 is 0 Å². The predicted octanol–water partition coefficient (Wildman–Crippen LogP) is 2.30. The third-order valence-electron chi connectivity index (χ3n) is 2.64. The molecule has 2 aromatic rings. The Morgan fingerprint density at radius 3 is 2.25 bits per heavy atom. The monoisotopic (exact) mass is 271 g/mol. The summed E-state index contributed by atoms with van der Waals surface area (Å²) in [5.74, 6) is -0.894. The lowest BCUT2D eigenvalue weighted by Crippen LogP contribution is -2.01. The molecule has 0 radical (unpaired) electrons. The first-order chi connectivity index (χ1) is 9.54. The fourth-order valence-corrected chi connectivity index (χ4v) is 1.73. The summed E-state index contributed by atoms with van der Waals surface area (Å²) in [6.45, 7) is 1.35. The number of esters is 1. The normalized spacial score (nSPS) is 10.1. The molecule has 102 valence electrons. The predicted molar refractivity (Wildman–Crippen MR) is 71.8 cm³/mol. The number of hydrogen-bond acceptors (Lipinski definition) is 4. The van der Waals surface area contributed by atoms with Crippen LogP contribution in [0.15, 0.2) is 42.6 Å². The van der Waals surface area contributed by atoms with Gasteiger partial charge in [-0.05, 0) is 35.7 Å². The summed E-state index contributed by atoms with van der Waals surface area (Å²) in [5.41, 5.74) is 1.96. The molecule has 1 heterocycles. The van der Waals surface area contributed by atoms with Crippen LogP contribution in [-0.2, 0) is 11.2 Å². The van der Waals surface area contributed by atoms with E-state index in [1.54, 1.807) is 24.4 Å². The molecule has 0 amide bonds. The fourth-order valence-electron chi connectivity index (χ4n) is 1.73. The number of aromatic carboxylic acids is 1. The molecule has 0 aliphatic carbocycles. The lowest BCUT2D eigenvalue weighted by atomic mass is 10.1. The molecule has 1 N–H and O–H groups in total. The van der Waals surface area contributed by atoms with E-state index in [9.17, 15) is 9.59 Å². The van der Waals surface area contributed by atoms with Gasteiger partial charge in [0.1, 0.15) is 11.4 Å². The first-order valence-electron chi connectivity index (χ1n) is 6.00. The average Bonchev–Trinajstić information content (AvgIpc) is 2.41. The molecule has 0 aliphatic heterocycles. The smallest absolute Gasteiger partial charge is 0.354 e. The Morgan fingerprint density at radius 1 is 1.10 bits per heavy atom. The zero-order valence-electron chi connectivity index (χ0n) is 10.9. The van der Waals surface area contributed by atoms with Crippen LogP contribution in [0.25, 0.3) is 0 Å². The number of carboxylic acid groups (broad SMARTS) is 1. The quantitative estimate of drug-likeness (QED) is 0.682. The van der Waals surface area contributed by atoms with Gasteiger partial charge < -0.3 is 9.84 Å². The number of rotatable bonds is 4. The number of hydrogen-bond donors (Lipinski definition) is 1. The van der Waals surface area contributed by atoms with Gasteiger partial charge in [-0.1, -0.05) is 18.2 Å². The van der Waals surface area contributed by atoms with E-state index in [1.165, 1.54) is 13.0 Å². The number of benzene rings is 1. The zero-order valence-corrected chi connectivity index (χ0v) is 10.9. The van der Waals surface area contributed by atoms with Gasteiger partial charge in [0.15, 0.2) is 0 Å². The van der Waals surface area contributed by atoms with Gasteiger partial charge in [0.2, 0.25) is 0 Å². The largest absolute Gasteiger partial charge is 0.477 e. The number of nitrogens with zero attached hydrogens (tertiary/aromatic N) is 1. The molecule has 1 aromatic heterocycles. The molecule has 1 aromatic carbocycles. The van der Waals surface area contributed by atoms with Gasteiger partial charge in [-0.2, -0.15) is 0 Å². The zero-order chi connectivity index (χ0) is 14.5. The van der Waals surface area contributed by atoms with Gasteiger partial charge in [0, 0.05) is 13.1 Å². The summed E-state index contributed by atoms with van der Waals surface area (Å²) in [5, 5.41) is 8.76. The van der Waals surface area contributed by atoms with E-state index in [4.69, 9.17) is 9.84 Å². The van der Waals surface area contributed by atoms with E-state index < -0.39 is 5.97 Å². The molecule has 0 bridgehead atoms. The third-order valence-corrected chi connectivity index (χ3v) is 2.64. The molecule has 0 atom stereocenters. The van der Waals surface area contributed by atoms with Crippen molar-refractivity contribution in [1.82, 2.24) is 4.98 Å². The summed E-state index contributed by atoms with van der Waals surface area (Å²) in [7, 11) is 0. The molecule has 5 heteroatoms. The van der Waals surface area contributed by atoms with Crippen molar-refractivity contribution in [3.8, 4) is 5.75 Å². The molecule has 0 unspecified atom stereocenters. The minimum absolute atomic E-state index is 0.0268. The number of carboxylic acids is 1. The van der Waals surface area contributed by atoms with Crippen LogP contribution in [0.4, 0.5) is 0 Å². The van der Waals surface area contributed by atoms with Crippen molar-refractivity contribution in [1.29, 1.82) is 0 Å². The summed E-state index contributed by atoms with van der Waals surface area (Å²) in [6.07, 6.45) is 2.18. The standard InChI is InChI=1S/C15H13NO4/c1-10(17)20-13-5-2-11(3-6-13)8-12-4-7-14(15(18)19)16-9-12/h2-7,9H,8H2,1H3,(H,18,19). The van der Waals surface area contributed by atoms with Crippen LogP contribution in [0.2, 0.25) is 0 Å². The summed E-state index contributed by atoms with van der Waals surface area (Å²) < 4.78 is 4.94. The van der Waals surface area contributed by atoms with Gasteiger partial charge in [-0.15, -0.1) is 0 Å². The van der Waals surface area contributed by atoms with Gasteiger partial charge in [0.25, 0.3) is 0 Å². The number of carbonyl (C=O) groups excluding carboxylic acids is 1. The Balaban J connectivity index is 2.06. The minimum atomic E-state index is -1.04. The van der Waals surface area contributed by atoms with Gasteiger partial charge in [-0.3, -0.25) is 4.79 Å². The third kappa shape index (κ3) is 3.65. The van der Waals surface area contributed by atoms with Gasteiger partial charge in [0.05, 0.1) is 0 Å². The van der Waals surface area contributed by atoms with Crippen molar-refractivity contribution in [3.05, 3.63) is 59.4 Å². The molecule has 0 spiro atoms. The van der Waals surface area contributed by atoms with Gasteiger partial charge in [-0.25, -0.2) is 9.78 Å². The number of ether oxygens (including phenoxy) is 1. The topological polar surface area (TPSA) is 76.5 Å². The van der Waals surface area contributed by atoms with E-state index in [0.717, 1.165) is 11.1 Å². The van der Waals surface area contributed by atoms with E-state index >= 15 is 0 Å². The Morgan fingerprint density at radius 2 is 1.75 bits per heavy atom. The highest BCUT2D eigenvalue weighted by Gasteiger charge is 2.04.